The molecule has 1 aromatic carbocycles. The smallest absolute Gasteiger partial charge is 0.164 e. The number of ether oxygens (including phenoxy) is 1. The number of aryl methyl sites for hydroxylation is 1. The van der Waals surface area contributed by atoms with Crippen LogP contribution in [-0.4, -0.2) is 15.0 Å². The SMILES string of the molecule is Cc1ccc2c(Nc3cccc(OCc4ccc(Cl)s4)c3)ncnc2n1. The molecule has 0 bridgehead atoms. The van der Waals surface area contributed by atoms with E-state index in [4.69, 9.17) is 16.3 Å². The van der Waals surface area contributed by atoms with Gasteiger partial charge in [-0.2, -0.15) is 0 Å². The summed E-state index contributed by atoms with van der Waals surface area (Å²) in [5.41, 5.74) is 2.47. The zero-order chi connectivity index (χ0) is 17.9. The van der Waals surface area contributed by atoms with Crippen LogP contribution in [0.1, 0.15) is 10.6 Å². The number of hydrogen-bond donors (Lipinski definition) is 1. The maximum atomic E-state index is 5.95. The topological polar surface area (TPSA) is 59.9 Å². The molecule has 130 valence electrons. The molecule has 0 radical (unpaired) electrons. The van der Waals surface area contributed by atoms with Gasteiger partial charge in [-0.1, -0.05) is 17.7 Å². The van der Waals surface area contributed by atoms with Crippen molar-refractivity contribution in [2.45, 2.75) is 13.5 Å². The Hall–Kier alpha value is -2.70. The van der Waals surface area contributed by atoms with Crippen LogP contribution in [0.15, 0.2) is 54.9 Å². The largest absolute Gasteiger partial charge is 0.488 e. The number of benzene rings is 1. The second-order valence-electron chi connectivity index (χ2n) is 5.69. The van der Waals surface area contributed by atoms with Gasteiger partial charge in [0.1, 0.15) is 24.5 Å². The van der Waals surface area contributed by atoms with Crippen LogP contribution in [0.4, 0.5) is 11.5 Å². The first kappa shape index (κ1) is 16.8. The first-order chi connectivity index (χ1) is 12.7. The predicted molar refractivity (Wildman–Crippen MR) is 105 cm³/mol. The van der Waals surface area contributed by atoms with Crippen molar-refractivity contribution in [1.29, 1.82) is 0 Å². The minimum absolute atomic E-state index is 0.487. The number of rotatable bonds is 5. The van der Waals surface area contributed by atoms with E-state index >= 15 is 0 Å². The molecule has 0 saturated heterocycles. The van der Waals surface area contributed by atoms with E-state index in [1.54, 1.807) is 0 Å². The average Bonchev–Trinajstić information content (AvgIpc) is 3.06. The van der Waals surface area contributed by atoms with E-state index in [9.17, 15) is 0 Å². The Balaban J connectivity index is 1.54. The van der Waals surface area contributed by atoms with Crippen molar-refractivity contribution < 1.29 is 4.74 Å². The van der Waals surface area contributed by atoms with Crippen LogP contribution in [0.5, 0.6) is 5.75 Å². The van der Waals surface area contributed by atoms with Crippen molar-refractivity contribution >= 4 is 45.5 Å². The molecule has 5 nitrogen and oxygen atoms in total. The lowest BCUT2D eigenvalue weighted by Gasteiger charge is -2.10. The standard InChI is InChI=1S/C19H15ClN4OS/c1-12-5-7-16-18(23-12)21-11-22-19(16)24-13-3-2-4-14(9-13)25-10-15-6-8-17(20)26-15/h2-9,11H,10H2,1H3,(H,21,22,23,24). The second-order valence-corrected chi connectivity index (χ2v) is 7.49. The molecule has 3 aromatic heterocycles. The lowest BCUT2D eigenvalue weighted by Crippen LogP contribution is -1.98. The summed E-state index contributed by atoms with van der Waals surface area (Å²) in [6, 6.07) is 15.5. The van der Waals surface area contributed by atoms with E-state index in [-0.39, 0.29) is 0 Å². The monoisotopic (exact) mass is 382 g/mol. The summed E-state index contributed by atoms with van der Waals surface area (Å²) >= 11 is 7.47. The lowest BCUT2D eigenvalue weighted by molar-refractivity contribution is 0.310. The maximum absolute atomic E-state index is 5.95. The van der Waals surface area contributed by atoms with Crippen molar-refractivity contribution in [3.8, 4) is 5.75 Å². The van der Waals surface area contributed by atoms with Crippen LogP contribution in [0.2, 0.25) is 4.34 Å². The van der Waals surface area contributed by atoms with Crippen LogP contribution >= 0.6 is 22.9 Å². The predicted octanol–water partition coefficient (Wildman–Crippen LogP) is 5.37. The van der Waals surface area contributed by atoms with E-state index < -0.39 is 0 Å². The Bertz CT molecular complexity index is 1070. The zero-order valence-electron chi connectivity index (χ0n) is 13.9. The molecule has 1 N–H and O–H groups in total. The zero-order valence-corrected chi connectivity index (χ0v) is 15.5. The third-order valence-corrected chi connectivity index (χ3v) is 4.95. The molecule has 3 heterocycles. The Morgan fingerprint density at radius 3 is 2.88 bits per heavy atom. The molecule has 0 fully saturated rings. The van der Waals surface area contributed by atoms with Crippen LogP contribution < -0.4 is 10.1 Å². The number of thiophene rings is 1. The molecular formula is C19H15ClN4OS. The van der Waals surface area contributed by atoms with Gasteiger partial charge in [-0.3, -0.25) is 0 Å². The Labute approximate surface area is 159 Å². The summed E-state index contributed by atoms with van der Waals surface area (Å²) in [6.07, 6.45) is 1.51. The van der Waals surface area contributed by atoms with Crippen molar-refractivity contribution in [2.75, 3.05) is 5.32 Å². The molecule has 0 aliphatic heterocycles. The van der Waals surface area contributed by atoms with Gasteiger partial charge in [0, 0.05) is 22.3 Å². The summed E-state index contributed by atoms with van der Waals surface area (Å²) in [6.45, 7) is 2.43. The minimum atomic E-state index is 0.487. The van der Waals surface area contributed by atoms with Crippen LogP contribution in [0, 0.1) is 6.92 Å². The summed E-state index contributed by atoms with van der Waals surface area (Å²) in [7, 11) is 0. The summed E-state index contributed by atoms with van der Waals surface area (Å²) in [5, 5.41) is 4.19. The fourth-order valence-electron chi connectivity index (χ4n) is 2.52. The van der Waals surface area contributed by atoms with E-state index in [2.05, 4.69) is 20.3 Å². The molecule has 26 heavy (non-hydrogen) atoms. The van der Waals surface area contributed by atoms with Gasteiger partial charge >= 0.3 is 0 Å². The van der Waals surface area contributed by atoms with E-state index in [0.29, 0.717) is 18.1 Å². The summed E-state index contributed by atoms with van der Waals surface area (Å²) in [5.74, 6) is 1.48. The van der Waals surface area contributed by atoms with Crippen LogP contribution in [0.25, 0.3) is 11.0 Å². The number of nitrogens with one attached hydrogen (secondary N) is 1. The lowest BCUT2D eigenvalue weighted by atomic mass is 10.2. The number of aromatic nitrogens is 3. The Morgan fingerprint density at radius 2 is 2.04 bits per heavy atom. The molecular weight excluding hydrogens is 368 g/mol. The molecule has 4 rings (SSSR count). The fraction of sp³-hybridized carbons (Fsp3) is 0.105. The third kappa shape index (κ3) is 3.76. The van der Waals surface area contributed by atoms with Crippen molar-refractivity contribution in [2.24, 2.45) is 0 Å². The fourth-order valence-corrected chi connectivity index (χ4v) is 3.52. The van der Waals surface area contributed by atoms with Crippen molar-refractivity contribution in [3.63, 3.8) is 0 Å². The Kier molecular flexibility index (Phi) is 4.69. The van der Waals surface area contributed by atoms with Gasteiger partial charge in [0.2, 0.25) is 0 Å². The van der Waals surface area contributed by atoms with E-state index in [0.717, 1.165) is 31.7 Å². The van der Waals surface area contributed by atoms with Gasteiger partial charge in [0.25, 0.3) is 0 Å². The van der Waals surface area contributed by atoms with Gasteiger partial charge in [-0.05, 0) is 43.3 Å². The number of fused-ring (bicyclic) bond motifs is 1. The number of nitrogens with zero attached hydrogens (tertiary/aromatic N) is 3. The van der Waals surface area contributed by atoms with Crippen molar-refractivity contribution in [3.05, 3.63) is 69.8 Å². The van der Waals surface area contributed by atoms with Gasteiger partial charge < -0.3 is 10.1 Å². The molecule has 0 aliphatic rings. The van der Waals surface area contributed by atoms with E-state index in [1.165, 1.54) is 17.7 Å². The normalized spacial score (nSPS) is 10.8. The van der Waals surface area contributed by atoms with Gasteiger partial charge in [-0.15, -0.1) is 11.3 Å². The molecule has 7 heteroatoms. The number of halogens is 1. The Morgan fingerprint density at radius 1 is 1.12 bits per heavy atom. The molecule has 0 amide bonds. The minimum Gasteiger partial charge on any atom is -0.488 e. The highest BCUT2D eigenvalue weighted by atomic mass is 35.5. The van der Waals surface area contributed by atoms with Crippen LogP contribution in [-0.2, 0) is 6.61 Å². The highest BCUT2D eigenvalue weighted by Crippen LogP contribution is 2.26. The highest BCUT2D eigenvalue weighted by Gasteiger charge is 2.06. The number of pyridine rings is 1. The number of anilines is 2. The first-order valence-electron chi connectivity index (χ1n) is 8.00. The van der Waals surface area contributed by atoms with Crippen LogP contribution in [0.3, 0.4) is 0 Å². The molecule has 0 saturated carbocycles. The van der Waals surface area contributed by atoms with Gasteiger partial charge in [0.15, 0.2) is 5.65 Å². The number of hydrogen-bond acceptors (Lipinski definition) is 6. The van der Waals surface area contributed by atoms with Gasteiger partial charge in [0.05, 0.1) is 9.72 Å². The first-order valence-corrected chi connectivity index (χ1v) is 9.19. The maximum Gasteiger partial charge on any atom is 0.164 e. The highest BCUT2D eigenvalue weighted by molar-refractivity contribution is 7.16. The third-order valence-electron chi connectivity index (χ3n) is 3.74. The van der Waals surface area contributed by atoms with Gasteiger partial charge in [-0.25, -0.2) is 15.0 Å². The molecule has 0 aliphatic carbocycles. The average molecular weight is 383 g/mol. The summed E-state index contributed by atoms with van der Waals surface area (Å²) in [4.78, 5) is 14.1. The molecule has 4 aromatic rings. The molecule has 0 unspecified atom stereocenters. The second kappa shape index (κ2) is 7.27. The quantitative estimate of drug-likeness (QED) is 0.502. The molecule has 0 spiro atoms. The molecule has 0 atom stereocenters. The van der Waals surface area contributed by atoms with E-state index in [1.807, 2.05) is 55.5 Å². The van der Waals surface area contributed by atoms with Crippen molar-refractivity contribution in [1.82, 2.24) is 15.0 Å². The summed E-state index contributed by atoms with van der Waals surface area (Å²) < 4.78 is 6.62.